The van der Waals surface area contributed by atoms with E-state index in [1.807, 2.05) is 11.3 Å². The molecule has 1 aromatic heterocycles. The van der Waals surface area contributed by atoms with E-state index < -0.39 is 0 Å². The molecule has 0 saturated heterocycles. The first kappa shape index (κ1) is 12.9. The summed E-state index contributed by atoms with van der Waals surface area (Å²) in [5.41, 5.74) is 4.00. The van der Waals surface area contributed by atoms with Crippen molar-refractivity contribution in [1.82, 2.24) is 0 Å². The lowest BCUT2D eigenvalue weighted by molar-refractivity contribution is -0.0381. The van der Waals surface area contributed by atoms with Gasteiger partial charge in [0.2, 0.25) is 0 Å². The topological polar surface area (TPSA) is 27.7 Å². The molecular weight excluding hydrogens is 260 g/mol. The first-order valence-corrected chi connectivity index (χ1v) is 7.31. The molecule has 1 aliphatic carbocycles. The van der Waals surface area contributed by atoms with Crippen molar-refractivity contribution in [3.05, 3.63) is 38.8 Å². The molecule has 0 atom stereocenters. The number of thiophene rings is 1. The van der Waals surface area contributed by atoms with Gasteiger partial charge in [0.25, 0.3) is 0 Å². The predicted octanol–water partition coefficient (Wildman–Crippen LogP) is 3.85. The Morgan fingerprint density at radius 3 is 3.11 bits per heavy atom. The molecule has 19 heavy (non-hydrogen) atoms. The van der Waals surface area contributed by atoms with Gasteiger partial charge in [0.15, 0.2) is 0 Å². The summed E-state index contributed by atoms with van der Waals surface area (Å²) < 4.78 is 16.2. The van der Waals surface area contributed by atoms with Crippen LogP contribution < -0.4 is 0 Å². The van der Waals surface area contributed by atoms with Crippen LogP contribution >= 0.6 is 11.3 Å². The SMILES string of the molecule is COCOCc1cc2c(s1)C1=C(CCC(C)=C1)OC2. The van der Waals surface area contributed by atoms with Gasteiger partial charge >= 0.3 is 0 Å². The summed E-state index contributed by atoms with van der Waals surface area (Å²) in [5, 5.41) is 0. The lowest BCUT2D eigenvalue weighted by atomic mass is 9.95. The molecule has 2 heterocycles. The van der Waals surface area contributed by atoms with Crippen LogP contribution in [0.3, 0.4) is 0 Å². The van der Waals surface area contributed by atoms with Crippen molar-refractivity contribution in [2.24, 2.45) is 0 Å². The first-order chi connectivity index (χ1) is 9.28. The quantitative estimate of drug-likeness (QED) is 0.618. The van der Waals surface area contributed by atoms with Crippen LogP contribution in [0, 0.1) is 0 Å². The maximum atomic E-state index is 5.87. The molecule has 4 heteroatoms. The second kappa shape index (κ2) is 5.49. The third-order valence-corrected chi connectivity index (χ3v) is 4.57. The van der Waals surface area contributed by atoms with E-state index in [0.29, 0.717) is 20.0 Å². The van der Waals surface area contributed by atoms with Crippen molar-refractivity contribution in [3.63, 3.8) is 0 Å². The van der Waals surface area contributed by atoms with Gasteiger partial charge in [0, 0.05) is 34.4 Å². The van der Waals surface area contributed by atoms with Crippen LogP contribution in [-0.4, -0.2) is 13.9 Å². The Kier molecular flexibility index (Phi) is 3.73. The van der Waals surface area contributed by atoms with E-state index in [2.05, 4.69) is 19.1 Å². The average molecular weight is 278 g/mol. The maximum Gasteiger partial charge on any atom is 0.146 e. The van der Waals surface area contributed by atoms with E-state index in [9.17, 15) is 0 Å². The molecule has 3 nitrogen and oxygen atoms in total. The first-order valence-electron chi connectivity index (χ1n) is 6.49. The third kappa shape index (κ3) is 2.61. The van der Waals surface area contributed by atoms with Gasteiger partial charge in [-0.15, -0.1) is 11.3 Å². The molecule has 0 aromatic carbocycles. The van der Waals surface area contributed by atoms with Crippen molar-refractivity contribution < 1.29 is 14.2 Å². The number of fused-ring (bicyclic) bond motifs is 2. The van der Waals surface area contributed by atoms with Crippen molar-refractivity contribution in [2.45, 2.75) is 33.0 Å². The highest BCUT2D eigenvalue weighted by Crippen LogP contribution is 2.41. The summed E-state index contributed by atoms with van der Waals surface area (Å²) in [4.78, 5) is 2.59. The van der Waals surface area contributed by atoms with E-state index in [1.54, 1.807) is 7.11 Å². The highest BCUT2D eigenvalue weighted by atomic mass is 32.1. The Bertz CT molecular complexity index is 540. The van der Waals surface area contributed by atoms with Gasteiger partial charge in [0.05, 0.1) is 6.61 Å². The zero-order chi connectivity index (χ0) is 13.2. The number of hydrogen-bond donors (Lipinski definition) is 0. The lowest BCUT2D eigenvalue weighted by Crippen LogP contribution is -2.07. The summed E-state index contributed by atoms with van der Waals surface area (Å²) >= 11 is 1.81. The monoisotopic (exact) mass is 278 g/mol. The summed E-state index contributed by atoms with van der Waals surface area (Å²) in [6.07, 6.45) is 4.42. The Morgan fingerprint density at radius 2 is 2.26 bits per heavy atom. The molecule has 0 radical (unpaired) electrons. The number of rotatable bonds is 4. The van der Waals surface area contributed by atoms with E-state index in [0.717, 1.165) is 18.6 Å². The van der Waals surface area contributed by atoms with E-state index in [-0.39, 0.29) is 0 Å². The molecule has 0 saturated carbocycles. The number of allylic oxidation sites excluding steroid dienone is 4. The maximum absolute atomic E-state index is 5.87. The standard InChI is InChI=1S/C15H18O3S/c1-10-3-4-14-13(5-10)15-11(7-18-14)6-12(19-15)8-17-9-16-2/h5-6H,3-4,7-9H2,1-2H3. The largest absolute Gasteiger partial charge is 0.493 e. The van der Waals surface area contributed by atoms with Crippen LogP contribution in [0.15, 0.2) is 23.5 Å². The molecule has 0 amide bonds. The summed E-state index contributed by atoms with van der Waals surface area (Å²) in [5.74, 6) is 1.16. The van der Waals surface area contributed by atoms with Crippen LogP contribution in [0.2, 0.25) is 0 Å². The molecular formula is C15H18O3S. The molecule has 0 spiro atoms. The molecule has 0 N–H and O–H groups in total. The van der Waals surface area contributed by atoms with Gasteiger partial charge in [-0.25, -0.2) is 0 Å². The van der Waals surface area contributed by atoms with Gasteiger partial charge in [-0.1, -0.05) is 11.6 Å². The molecule has 1 aromatic rings. The minimum Gasteiger partial charge on any atom is -0.493 e. The molecule has 0 unspecified atom stereocenters. The van der Waals surface area contributed by atoms with Gasteiger partial charge in [-0.05, 0) is 19.4 Å². The zero-order valence-corrected chi connectivity index (χ0v) is 12.1. The second-order valence-corrected chi connectivity index (χ2v) is 6.08. The van der Waals surface area contributed by atoms with Crippen molar-refractivity contribution >= 4 is 16.9 Å². The van der Waals surface area contributed by atoms with Crippen molar-refractivity contribution in [3.8, 4) is 0 Å². The third-order valence-electron chi connectivity index (χ3n) is 3.39. The smallest absolute Gasteiger partial charge is 0.146 e. The number of hydrogen-bond acceptors (Lipinski definition) is 4. The fraction of sp³-hybridized carbons (Fsp3) is 0.467. The lowest BCUT2D eigenvalue weighted by Gasteiger charge is -2.23. The van der Waals surface area contributed by atoms with Gasteiger partial charge in [-0.2, -0.15) is 0 Å². The predicted molar refractivity (Wildman–Crippen MR) is 75.7 cm³/mol. The molecule has 1 aliphatic heterocycles. The Morgan fingerprint density at radius 1 is 1.37 bits per heavy atom. The minimum atomic E-state index is 0.339. The minimum absolute atomic E-state index is 0.339. The molecule has 2 aliphatic rings. The van der Waals surface area contributed by atoms with Crippen LogP contribution in [-0.2, 0) is 27.4 Å². The Balaban J connectivity index is 1.85. The summed E-state index contributed by atoms with van der Waals surface area (Å²) in [6.45, 7) is 3.83. The Labute approximate surface area is 117 Å². The summed E-state index contributed by atoms with van der Waals surface area (Å²) in [6, 6.07) is 2.19. The van der Waals surface area contributed by atoms with Crippen molar-refractivity contribution in [2.75, 3.05) is 13.9 Å². The number of ether oxygens (including phenoxy) is 3. The highest BCUT2D eigenvalue weighted by Gasteiger charge is 2.24. The van der Waals surface area contributed by atoms with E-state index in [4.69, 9.17) is 14.2 Å². The zero-order valence-electron chi connectivity index (χ0n) is 11.3. The fourth-order valence-corrected chi connectivity index (χ4v) is 3.61. The fourth-order valence-electron chi connectivity index (χ4n) is 2.47. The van der Waals surface area contributed by atoms with Crippen LogP contribution in [0.4, 0.5) is 0 Å². The van der Waals surface area contributed by atoms with Crippen molar-refractivity contribution in [1.29, 1.82) is 0 Å². The molecule has 0 fully saturated rings. The normalized spacial score (nSPS) is 17.7. The van der Waals surface area contributed by atoms with Gasteiger partial charge in [0.1, 0.15) is 19.2 Å². The van der Waals surface area contributed by atoms with E-state index >= 15 is 0 Å². The average Bonchev–Trinajstić information content (AvgIpc) is 2.82. The van der Waals surface area contributed by atoms with Crippen LogP contribution in [0.1, 0.15) is 35.1 Å². The molecule has 0 bridgehead atoms. The van der Waals surface area contributed by atoms with E-state index in [1.165, 1.54) is 26.5 Å². The van der Waals surface area contributed by atoms with Crippen LogP contribution in [0.5, 0.6) is 0 Å². The van der Waals surface area contributed by atoms with Gasteiger partial charge < -0.3 is 14.2 Å². The second-order valence-electron chi connectivity index (χ2n) is 4.94. The Hall–Kier alpha value is -1.10. The summed E-state index contributed by atoms with van der Waals surface area (Å²) in [7, 11) is 1.64. The number of methoxy groups -OCH3 is 1. The highest BCUT2D eigenvalue weighted by molar-refractivity contribution is 7.13. The molecule has 102 valence electrons. The van der Waals surface area contributed by atoms with Gasteiger partial charge in [-0.3, -0.25) is 0 Å². The molecule has 3 rings (SSSR count). The van der Waals surface area contributed by atoms with Crippen LogP contribution in [0.25, 0.3) is 5.57 Å².